The van der Waals surface area contributed by atoms with Crippen LogP contribution in [0.2, 0.25) is 0 Å². The Hall–Kier alpha value is -2.85. The molecule has 0 radical (unpaired) electrons. The van der Waals surface area contributed by atoms with Gasteiger partial charge in [-0.1, -0.05) is 0 Å². The van der Waals surface area contributed by atoms with Crippen LogP contribution in [-0.4, -0.2) is 39.2 Å². The maximum absolute atomic E-state index is 11.9. The third-order valence-corrected chi connectivity index (χ3v) is 2.87. The van der Waals surface area contributed by atoms with Gasteiger partial charge >= 0.3 is 5.97 Å². The minimum atomic E-state index is -0.716. The van der Waals surface area contributed by atoms with Crippen molar-refractivity contribution in [1.29, 1.82) is 5.26 Å². The quantitative estimate of drug-likeness (QED) is 0.326. The first-order valence-corrected chi connectivity index (χ1v) is 6.94. The van der Waals surface area contributed by atoms with Gasteiger partial charge in [-0.2, -0.15) is 5.26 Å². The SMILES string of the molecule is COCCCNC(=O)c1ccc(N/C=C(/C#N)C(=O)OC)cc1. The van der Waals surface area contributed by atoms with Crippen LogP contribution >= 0.6 is 0 Å². The molecule has 1 amide bonds. The summed E-state index contributed by atoms with van der Waals surface area (Å²) in [6.45, 7) is 1.14. The molecule has 0 saturated carbocycles. The van der Waals surface area contributed by atoms with E-state index in [4.69, 9.17) is 10.00 Å². The van der Waals surface area contributed by atoms with Crippen molar-refractivity contribution in [3.8, 4) is 6.07 Å². The molecule has 7 heteroatoms. The van der Waals surface area contributed by atoms with Gasteiger partial charge in [0.1, 0.15) is 6.07 Å². The fraction of sp³-hybridized carbons (Fsp3) is 0.312. The number of hydrogen-bond donors (Lipinski definition) is 2. The van der Waals surface area contributed by atoms with Gasteiger partial charge in [0.25, 0.3) is 5.91 Å². The van der Waals surface area contributed by atoms with Gasteiger partial charge in [-0.05, 0) is 30.7 Å². The van der Waals surface area contributed by atoms with E-state index < -0.39 is 5.97 Å². The second-order valence-corrected chi connectivity index (χ2v) is 4.49. The van der Waals surface area contributed by atoms with Crippen LogP contribution in [0.5, 0.6) is 0 Å². The fourth-order valence-electron chi connectivity index (χ4n) is 1.64. The number of esters is 1. The van der Waals surface area contributed by atoms with Crippen molar-refractivity contribution < 1.29 is 19.1 Å². The predicted octanol–water partition coefficient (Wildman–Crippen LogP) is 1.45. The van der Waals surface area contributed by atoms with Crippen LogP contribution in [-0.2, 0) is 14.3 Å². The van der Waals surface area contributed by atoms with Gasteiger partial charge in [0.15, 0.2) is 5.57 Å². The largest absolute Gasteiger partial charge is 0.465 e. The summed E-state index contributed by atoms with van der Waals surface area (Å²) in [5, 5.41) is 14.4. The van der Waals surface area contributed by atoms with Crippen LogP contribution in [0, 0.1) is 11.3 Å². The number of benzene rings is 1. The van der Waals surface area contributed by atoms with Gasteiger partial charge in [0.05, 0.1) is 7.11 Å². The summed E-state index contributed by atoms with van der Waals surface area (Å²) in [4.78, 5) is 23.1. The Balaban J connectivity index is 2.59. The monoisotopic (exact) mass is 317 g/mol. The Kier molecular flexibility index (Phi) is 7.89. The van der Waals surface area contributed by atoms with Gasteiger partial charge < -0.3 is 20.1 Å². The van der Waals surface area contributed by atoms with E-state index in [2.05, 4.69) is 15.4 Å². The lowest BCUT2D eigenvalue weighted by Gasteiger charge is -2.06. The Labute approximate surface area is 134 Å². The zero-order chi connectivity index (χ0) is 17.1. The van der Waals surface area contributed by atoms with Crippen molar-refractivity contribution in [3.05, 3.63) is 41.6 Å². The van der Waals surface area contributed by atoms with Crippen molar-refractivity contribution in [3.63, 3.8) is 0 Å². The van der Waals surface area contributed by atoms with E-state index in [-0.39, 0.29) is 11.5 Å². The highest BCUT2D eigenvalue weighted by molar-refractivity contribution is 5.94. The Morgan fingerprint density at radius 3 is 2.52 bits per heavy atom. The van der Waals surface area contributed by atoms with Crippen LogP contribution in [0.3, 0.4) is 0 Å². The molecule has 0 heterocycles. The average molecular weight is 317 g/mol. The van der Waals surface area contributed by atoms with Crippen molar-refractivity contribution in [2.24, 2.45) is 0 Å². The molecule has 0 saturated heterocycles. The van der Waals surface area contributed by atoms with Gasteiger partial charge in [-0.15, -0.1) is 0 Å². The van der Waals surface area contributed by atoms with E-state index in [1.54, 1.807) is 37.4 Å². The second-order valence-electron chi connectivity index (χ2n) is 4.49. The fourth-order valence-corrected chi connectivity index (χ4v) is 1.64. The van der Waals surface area contributed by atoms with E-state index in [0.717, 1.165) is 6.42 Å². The maximum atomic E-state index is 11.9. The topological polar surface area (TPSA) is 100 Å². The molecule has 122 valence electrons. The molecule has 0 aliphatic heterocycles. The zero-order valence-electron chi connectivity index (χ0n) is 13.1. The smallest absolute Gasteiger partial charge is 0.350 e. The first kappa shape index (κ1) is 18.2. The lowest BCUT2D eigenvalue weighted by molar-refractivity contribution is -0.135. The molecule has 0 spiro atoms. The van der Waals surface area contributed by atoms with Gasteiger partial charge in [0, 0.05) is 37.7 Å². The Bertz CT molecular complexity index is 603. The van der Waals surface area contributed by atoms with E-state index in [9.17, 15) is 9.59 Å². The Morgan fingerprint density at radius 1 is 1.26 bits per heavy atom. The van der Waals surface area contributed by atoms with Crippen molar-refractivity contribution in [1.82, 2.24) is 5.32 Å². The van der Waals surface area contributed by atoms with E-state index in [1.165, 1.54) is 13.3 Å². The number of carbonyl (C=O) groups excluding carboxylic acids is 2. The van der Waals surface area contributed by atoms with Gasteiger partial charge in [0.2, 0.25) is 0 Å². The number of nitrogens with zero attached hydrogens (tertiary/aromatic N) is 1. The van der Waals surface area contributed by atoms with E-state index >= 15 is 0 Å². The Morgan fingerprint density at radius 2 is 1.96 bits per heavy atom. The lowest BCUT2D eigenvalue weighted by atomic mass is 10.2. The number of rotatable bonds is 8. The number of nitriles is 1. The van der Waals surface area contributed by atoms with Gasteiger partial charge in [-0.3, -0.25) is 4.79 Å². The van der Waals surface area contributed by atoms with Crippen LogP contribution in [0.25, 0.3) is 0 Å². The molecule has 1 rings (SSSR count). The molecule has 0 aliphatic rings. The molecule has 0 aromatic heterocycles. The maximum Gasteiger partial charge on any atom is 0.350 e. The minimum absolute atomic E-state index is 0.146. The molecule has 1 aromatic rings. The summed E-state index contributed by atoms with van der Waals surface area (Å²) in [5.74, 6) is -0.887. The van der Waals surface area contributed by atoms with Crippen molar-refractivity contribution in [2.45, 2.75) is 6.42 Å². The minimum Gasteiger partial charge on any atom is -0.465 e. The number of methoxy groups -OCH3 is 2. The van der Waals surface area contributed by atoms with Crippen LogP contribution in [0.1, 0.15) is 16.8 Å². The highest BCUT2D eigenvalue weighted by Crippen LogP contribution is 2.10. The molecule has 0 atom stereocenters. The highest BCUT2D eigenvalue weighted by atomic mass is 16.5. The number of amides is 1. The van der Waals surface area contributed by atoms with E-state index in [1.807, 2.05) is 0 Å². The molecule has 0 fully saturated rings. The van der Waals surface area contributed by atoms with Crippen LogP contribution < -0.4 is 10.6 Å². The summed E-state index contributed by atoms with van der Waals surface area (Å²) in [6.07, 6.45) is 2.00. The zero-order valence-corrected chi connectivity index (χ0v) is 13.1. The van der Waals surface area contributed by atoms with Gasteiger partial charge in [-0.25, -0.2) is 4.79 Å². The number of anilines is 1. The van der Waals surface area contributed by atoms with Crippen molar-refractivity contribution in [2.75, 3.05) is 32.7 Å². The predicted molar refractivity (Wildman–Crippen MR) is 84.6 cm³/mol. The number of nitrogens with one attached hydrogen (secondary N) is 2. The summed E-state index contributed by atoms with van der Waals surface area (Å²) in [6, 6.07) is 8.37. The first-order chi connectivity index (χ1) is 11.1. The molecule has 1 aromatic carbocycles. The lowest BCUT2D eigenvalue weighted by Crippen LogP contribution is -2.25. The average Bonchev–Trinajstić information content (AvgIpc) is 2.59. The van der Waals surface area contributed by atoms with Crippen molar-refractivity contribution >= 4 is 17.6 Å². The molecular weight excluding hydrogens is 298 g/mol. The summed E-state index contributed by atoms with van der Waals surface area (Å²) >= 11 is 0. The van der Waals surface area contributed by atoms with Crippen LogP contribution in [0.4, 0.5) is 5.69 Å². The van der Waals surface area contributed by atoms with E-state index in [0.29, 0.717) is 24.4 Å². The molecule has 2 N–H and O–H groups in total. The summed E-state index contributed by atoms with van der Waals surface area (Å²) < 4.78 is 9.37. The highest BCUT2D eigenvalue weighted by Gasteiger charge is 2.08. The standard InChI is InChI=1S/C16H19N3O4/c1-22-9-3-8-18-15(20)12-4-6-14(7-5-12)19-11-13(10-17)16(21)23-2/h4-7,11,19H,3,8-9H2,1-2H3,(H,18,20)/b13-11-. The second kappa shape index (κ2) is 9.97. The third-order valence-electron chi connectivity index (χ3n) is 2.87. The molecular formula is C16H19N3O4. The summed E-state index contributed by atoms with van der Waals surface area (Å²) in [7, 11) is 2.81. The molecule has 7 nitrogen and oxygen atoms in total. The molecule has 0 unspecified atom stereocenters. The van der Waals surface area contributed by atoms with Crippen LogP contribution in [0.15, 0.2) is 36.0 Å². The number of hydrogen-bond acceptors (Lipinski definition) is 6. The number of carbonyl (C=O) groups is 2. The molecule has 23 heavy (non-hydrogen) atoms. The molecule has 0 bridgehead atoms. The first-order valence-electron chi connectivity index (χ1n) is 6.94. The third kappa shape index (κ3) is 6.20. The number of ether oxygens (including phenoxy) is 2. The normalized spacial score (nSPS) is 10.6. The summed E-state index contributed by atoms with van der Waals surface area (Å²) in [5.41, 5.74) is 1.01. The molecule has 0 aliphatic carbocycles.